The van der Waals surface area contributed by atoms with E-state index in [2.05, 4.69) is 38.5 Å². The first-order valence-electron chi connectivity index (χ1n) is 3.01. The summed E-state index contributed by atoms with van der Waals surface area (Å²) >= 11 is 5.04. The molecule has 0 N–H and O–H groups in total. The van der Waals surface area contributed by atoms with Crippen LogP contribution in [0.25, 0.3) is 0 Å². The van der Waals surface area contributed by atoms with Gasteiger partial charge in [-0.05, 0) is 20.9 Å². The molecule has 0 aromatic carbocycles. The Morgan fingerprint density at radius 3 is 2.50 bits per heavy atom. The van der Waals surface area contributed by atoms with Crippen LogP contribution in [0.15, 0.2) is 21.5 Å². The zero-order chi connectivity index (χ0) is 9.72. The molecule has 0 saturated heterocycles. The molecule has 0 unspecified atom stereocenters. The highest BCUT2D eigenvalue weighted by Crippen LogP contribution is 2.09. The number of aryl methyl sites for hydroxylation is 1. The molecular weight excluding hydrogens is 340 g/mol. The van der Waals surface area contributed by atoms with Gasteiger partial charge in [0.15, 0.2) is 5.82 Å². The maximum Gasteiger partial charge on any atom is 0.251 e. The van der Waals surface area contributed by atoms with Crippen LogP contribution in [0.2, 0.25) is 0 Å². The van der Waals surface area contributed by atoms with E-state index in [1.54, 1.807) is 0 Å². The minimum absolute atomic E-state index is 0.204. The zero-order valence-corrected chi connectivity index (χ0v) is 10.4. The van der Waals surface area contributed by atoms with Gasteiger partial charge in [-0.25, -0.2) is 4.39 Å². The highest BCUT2D eigenvalue weighted by atomic mass is 127. The second-order valence-corrected chi connectivity index (χ2v) is 2.77. The molecule has 0 amide bonds. The lowest BCUT2D eigenvalue weighted by Crippen LogP contribution is -2.15. The van der Waals surface area contributed by atoms with E-state index in [0.29, 0.717) is 0 Å². The average Bonchev–Trinajstić information content (AvgIpc) is 2.05. The quantitative estimate of drug-likeness (QED) is 0.521. The second-order valence-electron chi connectivity index (χ2n) is 1.92. The number of halogens is 3. The molecule has 0 fully saturated rings. The second kappa shape index (κ2) is 5.69. The molecule has 1 aromatic heterocycles. The average molecular weight is 348 g/mol. The van der Waals surface area contributed by atoms with Gasteiger partial charge in [-0.15, -0.1) is 0 Å². The number of rotatable bonds is 0. The van der Waals surface area contributed by atoms with Crippen LogP contribution in [0, 0.1) is 5.82 Å². The van der Waals surface area contributed by atoms with Gasteiger partial charge >= 0.3 is 0 Å². The smallest absolute Gasteiger partial charge is 0.251 e. The Bertz CT molecular complexity index is 313. The van der Waals surface area contributed by atoms with E-state index in [-0.39, 0.29) is 10.0 Å². The Balaban J connectivity index is 0.000000561. The van der Waals surface area contributed by atoms with Crippen molar-refractivity contribution in [2.24, 2.45) is 7.05 Å². The van der Waals surface area contributed by atoms with Crippen molar-refractivity contribution >= 4 is 38.5 Å². The fraction of sp³-hybridized carbons (Fsp3) is 0.286. The van der Waals surface area contributed by atoms with E-state index < -0.39 is 5.82 Å². The molecule has 1 aromatic rings. The van der Waals surface area contributed by atoms with E-state index in [1.807, 2.05) is 4.93 Å². The van der Waals surface area contributed by atoms with Crippen molar-refractivity contribution in [2.45, 2.75) is 0 Å². The molecule has 0 radical (unpaired) electrons. The summed E-state index contributed by atoms with van der Waals surface area (Å²) in [5.74, 6) is -0.429. The van der Waals surface area contributed by atoms with Gasteiger partial charge in [-0.1, -0.05) is 22.6 Å². The normalized spacial score (nSPS) is 8.75. The fourth-order valence-electron chi connectivity index (χ4n) is 0.574. The van der Waals surface area contributed by atoms with Crippen LogP contribution in [-0.2, 0) is 7.05 Å². The Labute approximate surface area is 92.1 Å². The first kappa shape index (κ1) is 12.1. The van der Waals surface area contributed by atoms with Gasteiger partial charge in [0.1, 0.15) is 0 Å². The van der Waals surface area contributed by atoms with Crippen molar-refractivity contribution < 1.29 is 4.39 Å². The summed E-state index contributed by atoms with van der Waals surface area (Å²) in [5.41, 5.74) is -0.228. The molecule has 1 rings (SSSR count). The molecule has 5 heteroatoms. The molecule has 0 saturated carbocycles. The summed E-state index contributed by atoms with van der Waals surface area (Å²) in [6.45, 7) is 0. The molecule has 12 heavy (non-hydrogen) atoms. The maximum absolute atomic E-state index is 12.6. The summed E-state index contributed by atoms with van der Waals surface area (Å²) < 4.78 is 13.9. The largest absolute Gasteiger partial charge is 0.316 e. The van der Waals surface area contributed by atoms with E-state index in [0.717, 1.165) is 6.20 Å². The predicted octanol–water partition coefficient (Wildman–Crippen LogP) is 2.34. The third-order valence-corrected chi connectivity index (χ3v) is 1.74. The van der Waals surface area contributed by atoms with Crippen LogP contribution in [0.5, 0.6) is 0 Å². The number of pyridine rings is 1. The van der Waals surface area contributed by atoms with Crippen molar-refractivity contribution in [3.05, 3.63) is 32.9 Å². The maximum atomic E-state index is 12.6. The Kier molecular flexibility index (Phi) is 5.73. The lowest BCUT2D eigenvalue weighted by Gasteiger charge is -1.96. The molecule has 1 heterocycles. The SMILES string of the molecule is CI.Cn1cc(F)c(Br)cc1=O. The lowest BCUT2D eigenvalue weighted by atomic mass is 10.5. The summed E-state index contributed by atoms with van der Waals surface area (Å²) in [4.78, 5) is 12.7. The van der Waals surface area contributed by atoms with Crippen molar-refractivity contribution in [1.29, 1.82) is 0 Å². The Morgan fingerprint density at radius 1 is 1.58 bits per heavy atom. The standard InChI is InChI=1S/C6H5BrFNO.CH3I/c1-9-3-5(8)4(7)2-6(9)10;1-2/h2-3H,1H3;1H3. The number of nitrogens with zero attached hydrogens (tertiary/aromatic N) is 1. The van der Waals surface area contributed by atoms with E-state index in [4.69, 9.17) is 0 Å². The number of alkyl halides is 1. The van der Waals surface area contributed by atoms with E-state index in [1.165, 1.54) is 17.7 Å². The lowest BCUT2D eigenvalue weighted by molar-refractivity contribution is 0.598. The van der Waals surface area contributed by atoms with Crippen LogP contribution >= 0.6 is 38.5 Å². The highest BCUT2D eigenvalue weighted by Gasteiger charge is 1.99. The van der Waals surface area contributed by atoms with E-state index >= 15 is 0 Å². The molecule has 0 bridgehead atoms. The van der Waals surface area contributed by atoms with Gasteiger partial charge in [0.2, 0.25) is 0 Å². The molecule has 68 valence electrons. The molecule has 0 aliphatic heterocycles. The van der Waals surface area contributed by atoms with Crippen LogP contribution in [0.3, 0.4) is 0 Å². The van der Waals surface area contributed by atoms with Crippen LogP contribution in [0.4, 0.5) is 4.39 Å². The van der Waals surface area contributed by atoms with Gasteiger partial charge in [-0.2, -0.15) is 0 Å². The van der Waals surface area contributed by atoms with Gasteiger partial charge < -0.3 is 4.57 Å². The molecular formula is C7H8BrFINO. The molecule has 2 nitrogen and oxygen atoms in total. The van der Waals surface area contributed by atoms with Gasteiger partial charge in [0.05, 0.1) is 4.47 Å². The number of aromatic nitrogens is 1. The monoisotopic (exact) mass is 347 g/mol. The highest BCUT2D eigenvalue weighted by molar-refractivity contribution is 14.1. The zero-order valence-electron chi connectivity index (χ0n) is 6.64. The molecule has 0 aliphatic rings. The number of hydrogen-bond donors (Lipinski definition) is 0. The minimum atomic E-state index is -0.429. The van der Waals surface area contributed by atoms with Gasteiger partial charge in [-0.3, -0.25) is 4.79 Å². The third kappa shape index (κ3) is 3.22. The van der Waals surface area contributed by atoms with Crippen LogP contribution in [-0.4, -0.2) is 9.50 Å². The van der Waals surface area contributed by atoms with Crippen molar-refractivity contribution in [3.63, 3.8) is 0 Å². The number of hydrogen-bond acceptors (Lipinski definition) is 1. The Hall–Kier alpha value is 0.0900. The van der Waals surface area contributed by atoms with Gasteiger partial charge in [0.25, 0.3) is 5.56 Å². The van der Waals surface area contributed by atoms with Crippen LogP contribution < -0.4 is 5.56 Å². The third-order valence-electron chi connectivity index (χ3n) is 1.13. The predicted molar refractivity (Wildman–Crippen MR) is 59.3 cm³/mol. The summed E-state index contributed by atoms with van der Waals surface area (Å²) in [6, 6.07) is 1.19. The van der Waals surface area contributed by atoms with Crippen LogP contribution in [0.1, 0.15) is 0 Å². The van der Waals surface area contributed by atoms with Crippen molar-refractivity contribution in [1.82, 2.24) is 4.57 Å². The molecule has 0 spiro atoms. The first-order chi connectivity index (χ1) is 5.61. The molecule has 0 atom stereocenters. The Morgan fingerprint density at radius 2 is 2.08 bits per heavy atom. The van der Waals surface area contributed by atoms with Gasteiger partial charge in [0, 0.05) is 19.3 Å². The topological polar surface area (TPSA) is 22.0 Å². The van der Waals surface area contributed by atoms with Crippen molar-refractivity contribution in [3.8, 4) is 0 Å². The van der Waals surface area contributed by atoms with Crippen molar-refractivity contribution in [2.75, 3.05) is 4.93 Å². The van der Waals surface area contributed by atoms with E-state index in [9.17, 15) is 9.18 Å². The summed E-state index contributed by atoms with van der Waals surface area (Å²) in [7, 11) is 1.50. The molecule has 0 aliphatic carbocycles. The summed E-state index contributed by atoms with van der Waals surface area (Å²) in [6.07, 6.45) is 1.13. The summed E-state index contributed by atoms with van der Waals surface area (Å²) in [5, 5.41) is 0. The fourth-order valence-corrected chi connectivity index (χ4v) is 0.873. The minimum Gasteiger partial charge on any atom is -0.316 e. The first-order valence-corrected chi connectivity index (χ1v) is 5.96.